The Bertz CT molecular complexity index is 1110. The molecule has 5 rings (SSSR count). The highest BCUT2D eigenvalue weighted by Gasteiger charge is 2.24. The number of para-hydroxylation sites is 1. The van der Waals surface area contributed by atoms with E-state index in [2.05, 4.69) is 40.3 Å². The Morgan fingerprint density at radius 1 is 0.914 bits per heavy atom. The molecule has 0 saturated heterocycles. The highest BCUT2D eigenvalue weighted by atomic mass is 19.2. The Morgan fingerprint density at radius 2 is 1.69 bits per heavy atom. The molecule has 188 valence electrons. The number of hydrogen-bond donors (Lipinski definition) is 2. The van der Waals surface area contributed by atoms with Crippen LogP contribution in [0.5, 0.6) is 0 Å². The first kappa shape index (κ1) is 24.5. The van der Waals surface area contributed by atoms with E-state index in [-0.39, 0.29) is 5.92 Å². The highest BCUT2D eigenvalue weighted by Crippen LogP contribution is 2.36. The summed E-state index contributed by atoms with van der Waals surface area (Å²) < 4.78 is 30.6. The van der Waals surface area contributed by atoms with E-state index in [9.17, 15) is 8.78 Å². The molecule has 2 aromatic carbocycles. The van der Waals surface area contributed by atoms with Crippen LogP contribution >= 0.6 is 0 Å². The van der Waals surface area contributed by atoms with Crippen LogP contribution in [-0.4, -0.2) is 23.2 Å². The van der Waals surface area contributed by atoms with Crippen LogP contribution in [0.3, 0.4) is 0 Å². The van der Waals surface area contributed by atoms with E-state index < -0.39 is 11.6 Å². The lowest BCUT2D eigenvalue weighted by atomic mass is 9.87. The van der Waals surface area contributed by atoms with Crippen molar-refractivity contribution >= 4 is 10.9 Å². The molecular formula is C30H39F2N3. The average Bonchev–Trinajstić information content (AvgIpc) is 3.23. The molecule has 2 fully saturated rings. The largest absolute Gasteiger partial charge is 0.347 e. The van der Waals surface area contributed by atoms with Crippen molar-refractivity contribution < 1.29 is 8.78 Å². The maximum atomic E-state index is 14.3. The minimum absolute atomic E-state index is 0.000883. The lowest BCUT2D eigenvalue weighted by Crippen LogP contribution is -2.38. The zero-order valence-corrected chi connectivity index (χ0v) is 20.7. The second-order valence-electron chi connectivity index (χ2n) is 10.8. The van der Waals surface area contributed by atoms with Crippen LogP contribution in [0.2, 0.25) is 0 Å². The number of nitrogens with two attached hydrogens (primary N) is 1. The van der Waals surface area contributed by atoms with Gasteiger partial charge in [0, 0.05) is 41.6 Å². The minimum atomic E-state index is -0.788. The number of benzene rings is 2. The van der Waals surface area contributed by atoms with Gasteiger partial charge in [-0.1, -0.05) is 43.5 Å². The summed E-state index contributed by atoms with van der Waals surface area (Å²) >= 11 is 0. The van der Waals surface area contributed by atoms with Crippen molar-refractivity contribution in [2.75, 3.05) is 6.54 Å². The van der Waals surface area contributed by atoms with Crippen LogP contribution in [0.4, 0.5) is 8.78 Å². The molecule has 1 atom stereocenters. The third kappa shape index (κ3) is 5.78. The van der Waals surface area contributed by atoms with Crippen molar-refractivity contribution in [3.05, 3.63) is 71.4 Å². The summed E-state index contributed by atoms with van der Waals surface area (Å²) in [6, 6.07) is 13.8. The lowest BCUT2D eigenvalue weighted by Gasteiger charge is -2.28. The van der Waals surface area contributed by atoms with Gasteiger partial charge in [-0.3, -0.25) is 0 Å². The summed E-state index contributed by atoms with van der Waals surface area (Å²) in [6.45, 7) is 1.87. The number of nitrogens with one attached hydrogen (secondary N) is 1. The van der Waals surface area contributed by atoms with E-state index in [0.717, 1.165) is 50.8 Å². The first-order valence-electron chi connectivity index (χ1n) is 13.6. The quantitative estimate of drug-likeness (QED) is 0.370. The molecule has 2 saturated carbocycles. The summed E-state index contributed by atoms with van der Waals surface area (Å²) in [5.74, 6) is -0.842. The van der Waals surface area contributed by atoms with Gasteiger partial charge in [0.15, 0.2) is 11.6 Å². The molecule has 3 aromatic rings. The molecule has 35 heavy (non-hydrogen) atoms. The van der Waals surface area contributed by atoms with E-state index in [1.54, 1.807) is 6.07 Å². The monoisotopic (exact) mass is 479 g/mol. The summed E-state index contributed by atoms with van der Waals surface area (Å²) in [5.41, 5.74) is 9.39. The lowest BCUT2D eigenvalue weighted by molar-refractivity contribution is 0.322. The summed E-state index contributed by atoms with van der Waals surface area (Å²) in [7, 11) is 0. The Morgan fingerprint density at radius 3 is 2.46 bits per heavy atom. The highest BCUT2D eigenvalue weighted by molar-refractivity contribution is 5.85. The fourth-order valence-corrected chi connectivity index (χ4v) is 6.34. The predicted molar refractivity (Wildman–Crippen MR) is 140 cm³/mol. The third-order valence-corrected chi connectivity index (χ3v) is 8.36. The van der Waals surface area contributed by atoms with Gasteiger partial charge in [-0.25, -0.2) is 8.78 Å². The van der Waals surface area contributed by atoms with Crippen LogP contribution < -0.4 is 11.1 Å². The molecule has 0 aliphatic heterocycles. The number of rotatable bonds is 8. The molecule has 3 N–H and O–H groups in total. The molecule has 3 nitrogen and oxygen atoms in total. The summed E-state index contributed by atoms with van der Waals surface area (Å²) in [6.07, 6.45) is 14.1. The molecule has 1 aromatic heterocycles. The van der Waals surface area contributed by atoms with Crippen molar-refractivity contribution in [2.24, 2.45) is 11.7 Å². The van der Waals surface area contributed by atoms with Gasteiger partial charge >= 0.3 is 0 Å². The van der Waals surface area contributed by atoms with Gasteiger partial charge in [0.05, 0.1) is 0 Å². The minimum Gasteiger partial charge on any atom is -0.347 e. The van der Waals surface area contributed by atoms with Crippen molar-refractivity contribution in [1.82, 2.24) is 9.88 Å². The molecule has 0 amide bonds. The number of fused-ring (bicyclic) bond motifs is 1. The molecule has 1 unspecified atom stereocenters. The Labute approximate surface area is 208 Å². The van der Waals surface area contributed by atoms with Gasteiger partial charge in [-0.05, 0) is 86.7 Å². The van der Waals surface area contributed by atoms with Gasteiger partial charge in [-0.15, -0.1) is 0 Å². The van der Waals surface area contributed by atoms with Gasteiger partial charge in [-0.2, -0.15) is 0 Å². The molecule has 0 bridgehead atoms. The van der Waals surface area contributed by atoms with E-state index in [4.69, 9.17) is 5.73 Å². The van der Waals surface area contributed by atoms with Crippen LogP contribution in [-0.2, 0) is 6.54 Å². The topological polar surface area (TPSA) is 43.0 Å². The summed E-state index contributed by atoms with van der Waals surface area (Å²) in [4.78, 5) is 0. The molecule has 0 spiro atoms. The molecule has 2 aliphatic rings. The number of nitrogens with zero attached hydrogens (tertiary/aromatic N) is 1. The number of halogens is 2. The van der Waals surface area contributed by atoms with Gasteiger partial charge in [0.25, 0.3) is 0 Å². The van der Waals surface area contributed by atoms with Crippen LogP contribution in [0, 0.1) is 17.6 Å². The number of hydrogen-bond acceptors (Lipinski definition) is 2. The average molecular weight is 480 g/mol. The van der Waals surface area contributed by atoms with E-state index in [1.165, 1.54) is 60.7 Å². The van der Waals surface area contributed by atoms with Crippen LogP contribution in [0.1, 0.15) is 81.3 Å². The number of aromatic nitrogens is 1. The van der Waals surface area contributed by atoms with Crippen molar-refractivity contribution in [3.8, 4) is 0 Å². The van der Waals surface area contributed by atoms with E-state index >= 15 is 0 Å². The zero-order chi connectivity index (χ0) is 24.2. The van der Waals surface area contributed by atoms with Gasteiger partial charge < -0.3 is 15.6 Å². The van der Waals surface area contributed by atoms with Crippen molar-refractivity contribution in [2.45, 2.75) is 88.8 Å². The zero-order valence-electron chi connectivity index (χ0n) is 20.7. The molecular weight excluding hydrogens is 440 g/mol. The first-order chi connectivity index (χ1) is 17.1. The SMILES string of the molecule is NC1CCC(NCCC(c2ccc(F)c(F)c2)c2cn(CC3CCCCC3)c3ccccc23)CC1. The molecule has 2 aliphatic carbocycles. The molecule has 0 radical (unpaired) electrons. The summed E-state index contributed by atoms with van der Waals surface area (Å²) in [5, 5.41) is 4.95. The third-order valence-electron chi connectivity index (χ3n) is 8.36. The second-order valence-corrected chi connectivity index (χ2v) is 10.8. The fourth-order valence-electron chi connectivity index (χ4n) is 6.34. The van der Waals surface area contributed by atoms with E-state index in [0.29, 0.717) is 18.0 Å². The van der Waals surface area contributed by atoms with Crippen LogP contribution in [0.15, 0.2) is 48.7 Å². The molecule has 5 heteroatoms. The fraction of sp³-hybridized carbons (Fsp3) is 0.533. The van der Waals surface area contributed by atoms with Gasteiger partial charge in [0.2, 0.25) is 0 Å². The second kappa shape index (κ2) is 11.2. The Hall–Kier alpha value is -2.24. The van der Waals surface area contributed by atoms with E-state index in [1.807, 2.05) is 0 Å². The molecule has 1 heterocycles. The standard InChI is InChI=1S/C30H39F2N3/c31-28-15-10-22(18-29(28)32)25(16-17-34-24-13-11-23(33)12-14-24)27-20-35(19-21-6-2-1-3-7-21)30-9-5-4-8-26(27)30/h4-5,8-10,15,18,20-21,23-25,34H,1-3,6-7,11-14,16-17,19,33H2. The smallest absolute Gasteiger partial charge is 0.159 e. The maximum absolute atomic E-state index is 14.3. The van der Waals surface area contributed by atoms with Crippen molar-refractivity contribution in [1.29, 1.82) is 0 Å². The maximum Gasteiger partial charge on any atom is 0.159 e. The normalized spacial score (nSPS) is 22.5. The first-order valence-corrected chi connectivity index (χ1v) is 13.6. The van der Waals surface area contributed by atoms with Crippen molar-refractivity contribution in [3.63, 3.8) is 0 Å². The predicted octanol–water partition coefficient (Wildman–Crippen LogP) is 6.88. The Kier molecular flexibility index (Phi) is 7.84. The Balaban J connectivity index is 1.43. The van der Waals surface area contributed by atoms with Gasteiger partial charge in [0.1, 0.15) is 0 Å². The van der Waals surface area contributed by atoms with Crippen LogP contribution in [0.25, 0.3) is 10.9 Å².